The average molecular weight is 259 g/mol. The summed E-state index contributed by atoms with van der Waals surface area (Å²) in [6, 6.07) is 0.0376. The van der Waals surface area contributed by atoms with Crippen molar-refractivity contribution in [1.82, 2.24) is 9.55 Å². The largest absolute Gasteiger partial charge is 0.334 e. The molecule has 0 radical (unpaired) electrons. The molecule has 3 heteroatoms. The van der Waals surface area contributed by atoms with E-state index in [9.17, 15) is 0 Å². The second kappa shape index (κ2) is 4.08. The van der Waals surface area contributed by atoms with Gasteiger partial charge in [-0.2, -0.15) is 0 Å². The van der Waals surface area contributed by atoms with Crippen LogP contribution in [-0.2, 0) is 7.05 Å². The van der Waals surface area contributed by atoms with Crippen LogP contribution in [0, 0.1) is 23.7 Å². The third-order valence-electron chi connectivity index (χ3n) is 6.04. The van der Waals surface area contributed by atoms with E-state index in [-0.39, 0.29) is 6.04 Å². The van der Waals surface area contributed by atoms with Gasteiger partial charge >= 0.3 is 0 Å². The Morgan fingerprint density at radius 1 is 1.16 bits per heavy atom. The van der Waals surface area contributed by atoms with Gasteiger partial charge in [0.25, 0.3) is 0 Å². The molecule has 1 heterocycles. The fourth-order valence-corrected chi connectivity index (χ4v) is 5.58. The molecule has 1 unspecified atom stereocenters. The van der Waals surface area contributed by atoms with Gasteiger partial charge in [0.05, 0.1) is 6.04 Å². The van der Waals surface area contributed by atoms with Gasteiger partial charge in [0.2, 0.25) is 0 Å². The number of hydrogen-bond acceptors (Lipinski definition) is 2. The Morgan fingerprint density at radius 2 is 1.74 bits per heavy atom. The van der Waals surface area contributed by atoms with Crippen LogP contribution in [0.25, 0.3) is 0 Å². The molecular formula is C16H25N3. The molecule has 5 rings (SSSR count). The molecule has 4 saturated carbocycles. The zero-order chi connectivity index (χ0) is 13.1. The minimum atomic E-state index is 0.0376. The summed E-state index contributed by atoms with van der Waals surface area (Å²) in [7, 11) is 2.16. The normalized spacial score (nSPS) is 41.7. The second-order valence-corrected chi connectivity index (χ2v) is 7.35. The van der Waals surface area contributed by atoms with Crippen LogP contribution >= 0.6 is 0 Å². The van der Waals surface area contributed by atoms with Gasteiger partial charge in [-0.05, 0) is 62.7 Å². The first kappa shape index (κ1) is 12.0. The Morgan fingerprint density at radius 3 is 2.21 bits per heavy atom. The number of nitrogens with two attached hydrogens (primary N) is 1. The highest BCUT2D eigenvalue weighted by atomic mass is 15.1. The van der Waals surface area contributed by atoms with E-state index in [1.807, 2.05) is 6.92 Å². The third kappa shape index (κ3) is 1.70. The fourth-order valence-electron chi connectivity index (χ4n) is 5.58. The lowest BCUT2D eigenvalue weighted by atomic mass is 9.51. The molecule has 0 aromatic carbocycles. The molecule has 4 aliphatic carbocycles. The van der Waals surface area contributed by atoms with Crippen molar-refractivity contribution in [2.75, 3.05) is 0 Å². The van der Waals surface area contributed by atoms with Crippen molar-refractivity contribution in [3.8, 4) is 0 Å². The molecule has 0 saturated heterocycles. The molecule has 1 aromatic rings. The quantitative estimate of drug-likeness (QED) is 0.887. The Kier molecular flexibility index (Phi) is 2.57. The minimum absolute atomic E-state index is 0.0376. The zero-order valence-electron chi connectivity index (χ0n) is 12.0. The fraction of sp³-hybridized carbons (Fsp3) is 0.812. The third-order valence-corrected chi connectivity index (χ3v) is 6.04. The molecule has 0 spiro atoms. The van der Waals surface area contributed by atoms with E-state index in [4.69, 9.17) is 5.73 Å². The number of imidazole rings is 1. The monoisotopic (exact) mass is 259 g/mol. The lowest BCUT2D eigenvalue weighted by molar-refractivity contribution is -0.00510. The number of rotatable bonds is 2. The van der Waals surface area contributed by atoms with E-state index >= 15 is 0 Å². The van der Waals surface area contributed by atoms with Crippen LogP contribution in [0.3, 0.4) is 0 Å². The van der Waals surface area contributed by atoms with Crippen molar-refractivity contribution in [2.24, 2.45) is 36.5 Å². The summed E-state index contributed by atoms with van der Waals surface area (Å²) in [6.45, 7) is 2.03. The molecule has 4 aliphatic rings. The molecule has 3 nitrogen and oxygen atoms in total. The van der Waals surface area contributed by atoms with Gasteiger partial charge in [-0.25, -0.2) is 4.98 Å². The van der Waals surface area contributed by atoms with E-state index in [0.717, 1.165) is 35.4 Å². The maximum absolute atomic E-state index is 6.02. The van der Waals surface area contributed by atoms with Crippen LogP contribution in [0.4, 0.5) is 0 Å². The van der Waals surface area contributed by atoms with E-state index in [0.29, 0.717) is 0 Å². The first-order chi connectivity index (χ1) is 9.13. The second-order valence-electron chi connectivity index (χ2n) is 7.35. The van der Waals surface area contributed by atoms with Gasteiger partial charge < -0.3 is 10.3 Å². The first-order valence-electron chi connectivity index (χ1n) is 7.90. The van der Waals surface area contributed by atoms with Crippen LogP contribution in [0.1, 0.15) is 62.5 Å². The Hall–Kier alpha value is -0.830. The minimum Gasteiger partial charge on any atom is -0.334 e. The average Bonchev–Trinajstić information content (AvgIpc) is 2.70. The maximum Gasteiger partial charge on any atom is 0.125 e. The summed E-state index contributed by atoms with van der Waals surface area (Å²) in [4.78, 5) is 4.59. The summed E-state index contributed by atoms with van der Waals surface area (Å²) in [5.74, 6) is 5.74. The molecule has 104 valence electrons. The highest BCUT2D eigenvalue weighted by Gasteiger charge is 2.49. The molecular weight excluding hydrogens is 234 g/mol. The highest BCUT2D eigenvalue weighted by Crippen LogP contribution is 2.59. The molecule has 0 aliphatic heterocycles. The zero-order valence-corrected chi connectivity index (χ0v) is 12.0. The van der Waals surface area contributed by atoms with Gasteiger partial charge in [-0.15, -0.1) is 0 Å². The van der Waals surface area contributed by atoms with Crippen molar-refractivity contribution in [2.45, 2.75) is 51.0 Å². The molecule has 1 atom stereocenters. The van der Waals surface area contributed by atoms with Crippen molar-refractivity contribution in [3.05, 3.63) is 17.7 Å². The molecule has 1 aromatic heterocycles. The number of hydrogen-bond donors (Lipinski definition) is 1. The van der Waals surface area contributed by atoms with Gasteiger partial charge in [-0.3, -0.25) is 0 Å². The first-order valence-corrected chi connectivity index (χ1v) is 7.90. The topological polar surface area (TPSA) is 43.8 Å². The van der Waals surface area contributed by atoms with Crippen molar-refractivity contribution < 1.29 is 0 Å². The molecule has 19 heavy (non-hydrogen) atoms. The summed E-state index contributed by atoms with van der Waals surface area (Å²) in [5, 5.41) is 0. The van der Waals surface area contributed by atoms with Gasteiger partial charge in [-0.1, -0.05) is 0 Å². The Bertz CT molecular complexity index is 460. The predicted molar refractivity (Wildman–Crippen MR) is 75.6 cm³/mol. The smallest absolute Gasteiger partial charge is 0.125 e. The van der Waals surface area contributed by atoms with Crippen LogP contribution in [0.2, 0.25) is 0 Å². The summed E-state index contributed by atoms with van der Waals surface area (Å²) in [6.07, 6.45) is 9.52. The van der Waals surface area contributed by atoms with E-state index in [1.54, 1.807) is 0 Å². The Labute approximate surface area is 115 Å². The van der Waals surface area contributed by atoms with Crippen molar-refractivity contribution in [1.29, 1.82) is 0 Å². The molecule has 4 bridgehead atoms. The molecule has 4 fully saturated rings. The standard InChI is InChI=1S/C16H25N3/c1-9(17)16-18-8-14(19(16)2)15-12-4-10-3-11(6-12)7-13(15)5-10/h8-13,15H,3-7,17H2,1-2H3. The lowest BCUT2D eigenvalue weighted by Crippen LogP contribution is -2.44. The highest BCUT2D eigenvalue weighted by molar-refractivity contribution is 5.19. The molecule has 0 amide bonds. The lowest BCUT2D eigenvalue weighted by Gasteiger charge is -2.54. The molecule has 2 N–H and O–H groups in total. The van der Waals surface area contributed by atoms with Crippen LogP contribution in [0.15, 0.2) is 6.20 Å². The van der Waals surface area contributed by atoms with E-state index in [2.05, 4.69) is 22.8 Å². The predicted octanol–water partition coefficient (Wildman–Crippen LogP) is 2.98. The van der Waals surface area contributed by atoms with E-state index in [1.165, 1.54) is 37.8 Å². The van der Waals surface area contributed by atoms with Crippen molar-refractivity contribution >= 4 is 0 Å². The SMILES string of the molecule is CC(N)c1ncc(C2C3CC4CC(C3)CC2C4)n1C. The summed E-state index contributed by atoms with van der Waals surface area (Å²) in [5.41, 5.74) is 7.48. The summed E-state index contributed by atoms with van der Waals surface area (Å²) >= 11 is 0. The summed E-state index contributed by atoms with van der Waals surface area (Å²) < 4.78 is 2.29. The van der Waals surface area contributed by atoms with Crippen LogP contribution in [0.5, 0.6) is 0 Å². The number of nitrogens with zero attached hydrogens (tertiary/aromatic N) is 2. The Balaban J connectivity index is 1.69. The maximum atomic E-state index is 6.02. The van der Waals surface area contributed by atoms with Crippen molar-refractivity contribution in [3.63, 3.8) is 0 Å². The van der Waals surface area contributed by atoms with Gasteiger partial charge in [0, 0.05) is 24.9 Å². The van der Waals surface area contributed by atoms with E-state index < -0.39 is 0 Å². The van der Waals surface area contributed by atoms with Crippen LogP contribution < -0.4 is 5.73 Å². The van der Waals surface area contributed by atoms with Gasteiger partial charge in [0.1, 0.15) is 5.82 Å². The van der Waals surface area contributed by atoms with Crippen LogP contribution in [-0.4, -0.2) is 9.55 Å². The number of aromatic nitrogens is 2. The van der Waals surface area contributed by atoms with Gasteiger partial charge in [0.15, 0.2) is 0 Å².